The molecule has 0 saturated heterocycles. The highest BCUT2D eigenvalue weighted by atomic mass is 16.5. The molecule has 0 radical (unpaired) electrons. The van der Waals surface area contributed by atoms with Crippen molar-refractivity contribution in [2.45, 2.75) is 52.6 Å². The van der Waals surface area contributed by atoms with Crippen LogP contribution in [0, 0.1) is 6.92 Å². The number of benzene rings is 1. The van der Waals surface area contributed by atoms with Gasteiger partial charge in [-0.25, -0.2) is 0 Å². The first-order valence-corrected chi connectivity index (χ1v) is 7.00. The van der Waals surface area contributed by atoms with Gasteiger partial charge in [-0.15, -0.1) is 0 Å². The molecule has 1 aromatic carbocycles. The van der Waals surface area contributed by atoms with Crippen molar-refractivity contribution in [3.63, 3.8) is 0 Å². The zero-order chi connectivity index (χ0) is 14.3. The lowest BCUT2D eigenvalue weighted by atomic mass is 10.1. The Balaban J connectivity index is 2.63. The van der Waals surface area contributed by atoms with E-state index in [1.54, 1.807) is 0 Å². The third-order valence-electron chi connectivity index (χ3n) is 2.84. The summed E-state index contributed by atoms with van der Waals surface area (Å²) in [5.74, 6) is 0.945. The largest absolute Gasteiger partial charge is 0.493 e. The van der Waals surface area contributed by atoms with Gasteiger partial charge in [-0.05, 0) is 46.6 Å². The van der Waals surface area contributed by atoms with Crippen LogP contribution in [-0.2, 0) is 6.54 Å². The van der Waals surface area contributed by atoms with Crippen molar-refractivity contribution >= 4 is 0 Å². The van der Waals surface area contributed by atoms with Crippen molar-refractivity contribution in [2.75, 3.05) is 13.2 Å². The second kappa shape index (κ2) is 7.51. The monoisotopic (exact) mass is 265 g/mol. The number of hydrogen-bond donors (Lipinski definition) is 2. The van der Waals surface area contributed by atoms with Gasteiger partial charge in [0.2, 0.25) is 0 Å². The molecule has 0 fully saturated rings. The number of unbranched alkanes of at least 4 members (excludes halogenated alkanes) is 1. The van der Waals surface area contributed by atoms with E-state index in [2.05, 4.69) is 45.1 Å². The number of hydrogen-bond acceptors (Lipinski definition) is 3. The average Bonchev–Trinajstić information content (AvgIpc) is 2.33. The molecular formula is C16H27NO2. The molecule has 19 heavy (non-hydrogen) atoms. The third-order valence-corrected chi connectivity index (χ3v) is 2.84. The summed E-state index contributed by atoms with van der Waals surface area (Å²) < 4.78 is 5.81. The SMILES string of the molecule is Cc1ccc(OCCCCO)c(CNC(C)(C)C)c1. The van der Waals surface area contributed by atoms with E-state index < -0.39 is 0 Å². The molecule has 0 spiro atoms. The number of nitrogens with one attached hydrogen (secondary N) is 1. The number of ether oxygens (including phenoxy) is 1. The Kier molecular flexibility index (Phi) is 6.32. The average molecular weight is 265 g/mol. The molecule has 1 rings (SSSR count). The standard InChI is InChI=1S/C16H27NO2/c1-13-7-8-15(19-10-6-5-9-18)14(11-13)12-17-16(2,3)4/h7-8,11,17-18H,5-6,9-10,12H2,1-4H3. The molecule has 0 saturated carbocycles. The number of aliphatic hydroxyl groups is 1. The summed E-state index contributed by atoms with van der Waals surface area (Å²) in [6.07, 6.45) is 1.68. The van der Waals surface area contributed by atoms with Crippen molar-refractivity contribution in [1.82, 2.24) is 5.32 Å². The fourth-order valence-corrected chi connectivity index (χ4v) is 1.74. The Hall–Kier alpha value is -1.06. The van der Waals surface area contributed by atoms with E-state index >= 15 is 0 Å². The van der Waals surface area contributed by atoms with Gasteiger partial charge in [0, 0.05) is 24.3 Å². The van der Waals surface area contributed by atoms with Gasteiger partial charge in [0.05, 0.1) is 6.61 Å². The Morgan fingerprint density at radius 2 is 1.95 bits per heavy atom. The van der Waals surface area contributed by atoms with Crippen molar-refractivity contribution in [1.29, 1.82) is 0 Å². The summed E-state index contributed by atoms with van der Waals surface area (Å²) in [7, 11) is 0. The molecule has 0 bridgehead atoms. The molecular weight excluding hydrogens is 238 g/mol. The minimum absolute atomic E-state index is 0.0951. The zero-order valence-electron chi connectivity index (χ0n) is 12.6. The van der Waals surface area contributed by atoms with Gasteiger partial charge in [-0.3, -0.25) is 0 Å². The molecule has 0 aliphatic carbocycles. The van der Waals surface area contributed by atoms with Gasteiger partial charge in [-0.1, -0.05) is 17.7 Å². The summed E-state index contributed by atoms with van der Waals surface area (Å²) in [4.78, 5) is 0. The van der Waals surface area contributed by atoms with E-state index in [4.69, 9.17) is 9.84 Å². The summed E-state index contributed by atoms with van der Waals surface area (Å²) in [5.41, 5.74) is 2.53. The minimum Gasteiger partial charge on any atom is -0.493 e. The van der Waals surface area contributed by atoms with E-state index in [9.17, 15) is 0 Å². The maximum Gasteiger partial charge on any atom is 0.123 e. The van der Waals surface area contributed by atoms with Crippen LogP contribution in [0.1, 0.15) is 44.7 Å². The normalized spacial score (nSPS) is 11.6. The van der Waals surface area contributed by atoms with Gasteiger partial charge in [0.15, 0.2) is 0 Å². The lowest BCUT2D eigenvalue weighted by Crippen LogP contribution is -2.35. The summed E-state index contributed by atoms with van der Waals surface area (Å²) >= 11 is 0. The smallest absolute Gasteiger partial charge is 0.123 e. The predicted molar refractivity (Wildman–Crippen MR) is 79.6 cm³/mol. The van der Waals surface area contributed by atoms with Crippen molar-refractivity contribution in [2.24, 2.45) is 0 Å². The topological polar surface area (TPSA) is 41.5 Å². The van der Waals surface area contributed by atoms with Crippen LogP contribution in [0.5, 0.6) is 5.75 Å². The van der Waals surface area contributed by atoms with Gasteiger partial charge in [-0.2, -0.15) is 0 Å². The van der Waals surface area contributed by atoms with Crippen molar-refractivity contribution < 1.29 is 9.84 Å². The highest BCUT2D eigenvalue weighted by Gasteiger charge is 2.11. The molecule has 1 aromatic rings. The fraction of sp³-hybridized carbons (Fsp3) is 0.625. The van der Waals surface area contributed by atoms with E-state index in [1.165, 1.54) is 11.1 Å². The maximum absolute atomic E-state index is 8.76. The van der Waals surface area contributed by atoms with Gasteiger partial charge in [0.25, 0.3) is 0 Å². The van der Waals surface area contributed by atoms with Crippen LogP contribution in [0.15, 0.2) is 18.2 Å². The van der Waals surface area contributed by atoms with Crippen LogP contribution in [0.3, 0.4) is 0 Å². The van der Waals surface area contributed by atoms with Gasteiger partial charge in [0.1, 0.15) is 5.75 Å². The lowest BCUT2D eigenvalue weighted by Gasteiger charge is -2.22. The van der Waals surface area contributed by atoms with E-state index in [1.807, 2.05) is 6.07 Å². The van der Waals surface area contributed by atoms with Crippen LogP contribution >= 0.6 is 0 Å². The quantitative estimate of drug-likeness (QED) is 0.745. The van der Waals surface area contributed by atoms with Crippen LogP contribution in [0.25, 0.3) is 0 Å². The Labute approximate surface area is 117 Å². The molecule has 2 N–H and O–H groups in total. The second-order valence-corrected chi connectivity index (χ2v) is 5.99. The molecule has 108 valence electrons. The number of aliphatic hydroxyl groups excluding tert-OH is 1. The van der Waals surface area contributed by atoms with E-state index in [-0.39, 0.29) is 12.1 Å². The minimum atomic E-state index is 0.0951. The summed E-state index contributed by atoms with van der Waals surface area (Å²) in [6.45, 7) is 10.3. The Morgan fingerprint density at radius 1 is 1.21 bits per heavy atom. The van der Waals surface area contributed by atoms with Crippen molar-refractivity contribution in [3.05, 3.63) is 29.3 Å². The summed E-state index contributed by atoms with van der Waals surface area (Å²) in [5, 5.41) is 12.3. The summed E-state index contributed by atoms with van der Waals surface area (Å²) in [6, 6.07) is 6.27. The van der Waals surface area contributed by atoms with Crippen LogP contribution in [0.4, 0.5) is 0 Å². The first-order chi connectivity index (χ1) is 8.92. The van der Waals surface area contributed by atoms with E-state index in [0.29, 0.717) is 6.61 Å². The molecule has 0 heterocycles. The third kappa shape index (κ3) is 6.60. The van der Waals surface area contributed by atoms with Crippen LogP contribution in [-0.4, -0.2) is 23.9 Å². The predicted octanol–water partition coefficient (Wildman–Crippen LogP) is 3.03. The second-order valence-electron chi connectivity index (χ2n) is 5.99. The molecule has 3 nitrogen and oxygen atoms in total. The molecule has 0 aliphatic rings. The molecule has 0 aliphatic heterocycles. The van der Waals surface area contributed by atoms with Gasteiger partial charge >= 0.3 is 0 Å². The van der Waals surface area contributed by atoms with Crippen LogP contribution in [0.2, 0.25) is 0 Å². The number of rotatable bonds is 7. The molecule has 0 amide bonds. The lowest BCUT2D eigenvalue weighted by molar-refractivity contribution is 0.251. The molecule has 0 unspecified atom stereocenters. The number of aryl methyl sites for hydroxylation is 1. The van der Waals surface area contributed by atoms with E-state index in [0.717, 1.165) is 25.1 Å². The zero-order valence-corrected chi connectivity index (χ0v) is 12.6. The van der Waals surface area contributed by atoms with Crippen molar-refractivity contribution in [3.8, 4) is 5.75 Å². The fourth-order valence-electron chi connectivity index (χ4n) is 1.74. The first kappa shape index (κ1) is 16.0. The Bertz CT molecular complexity index is 383. The first-order valence-electron chi connectivity index (χ1n) is 7.00. The molecule has 3 heteroatoms. The highest BCUT2D eigenvalue weighted by molar-refractivity contribution is 5.36. The maximum atomic E-state index is 8.76. The highest BCUT2D eigenvalue weighted by Crippen LogP contribution is 2.21. The molecule has 0 atom stereocenters. The van der Waals surface area contributed by atoms with Crippen LogP contribution < -0.4 is 10.1 Å². The molecule has 0 aromatic heterocycles. The van der Waals surface area contributed by atoms with Gasteiger partial charge < -0.3 is 15.2 Å². The Morgan fingerprint density at radius 3 is 2.58 bits per heavy atom.